The summed E-state index contributed by atoms with van der Waals surface area (Å²) in [7, 11) is 0. The van der Waals surface area contributed by atoms with E-state index in [1.807, 2.05) is 18.2 Å². The molecule has 0 fully saturated rings. The Morgan fingerprint density at radius 3 is 1.18 bits per heavy atom. The van der Waals surface area contributed by atoms with Crippen LogP contribution in [-0.4, -0.2) is 15.3 Å². The van der Waals surface area contributed by atoms with Crippen LogP contribution in [0.4, 0.5) is 0 Å². The first kappa shape index (κ1) is 30.6. The van der Waals surface area contributed by atoms with Gasteiger partial charge >= 0.3 is 0 Å². The van der Waals surface area contributed by atoms with Gasteiger partial charge in [0.05, 0.1) is 0 Å². The highest BCUT2D eigenvalue weighted by molar-refractivity contribution is 5.52. The summed E-state index contributed by atoms with van der Waals surface area (Å²) in [6, 6.07) is 12.6. The molecule has 212 valence electrons. The molecule has 0 saturated carbocycles. The third-order valence-electron chi connectivity index (χ3n) is 8.39. The smallest absolute Gasteiger partial charge is 0.119 e. The van der Waals surface area contributed by atoms with Crippen LogP contribution >= 0.6 is 0 Å². The molecule has 0 radical (unpaired) electrons. The van der Waals surface area contributed by atoms with Crippen LogP contribution in [0, 0.1) is 0 Å². The van der Waals surface area contributed by atoms with Crippen LogP contribution in [0.1, 0.15) is 142 Å². The third-order valence-corrected chi connectivity index (χ3v) is 8.39. The molecular formula is C36H50O3. The van der Waals surface area contributed by atoms with Crippen LogP contribution in [0.15, 0.2) is 36.4 Å². The second-order valence-corrected chi connectivity index (χ2v) is 12.0. The van der Waals surface area contributed by atoms with E-state index >= 15 is 0 Å². The molecule has 39 heavy (non-hydrogen) atoms. The lowest BCUT2D eigenvalue weighted by Gasteiger charge is -2.27. The zero-order chi connectivity index (χ0) is 29.0. The number of benzene rings is 3. The topological polar surface area (TPSA) is 60.7 Å². The Labute approximate surface area is 236 Å². The van der Waals surface area contributed by atoms with Crippen molar-refractivity contribution in [1.82, 2.24) is 0 Å². The largest absolute Gasteiger partial charge is 0.508 e. The lowest BCUT2D eigenvalue weighted by Crippen LogP contribution is -2.12. The van der Waals surface area contributed by atoms with Crippen LogP contribution in [0.25, 0.3) is 0 Å². The van der Waals surface area contributed by atoms with E-state index in [0.717, 1.165) is 48.8 Å². The summed E-state index contributed by atoms with van der Waals surface area (Å²) in [6.45, 7) is 19.2. The quantitative estimate of drug-likeness (QED) is 0.231. The lowest BCUT2D eigenvalue weighted by molar-refractivity contribution is 0.463. The van der Waals surface area contributed by atoms with Crippen LogP contribution in [-0.2, 0) is 25.7 Å². The van der Waals surface area contributed by atoms with Crippen molar-refractivity contribution in [2.45, 2.75) is 118 Å². The number of hydrogen-bond acceptors (Lipinski definition) is 3. The maximum absolute atomic E-state index is 10.9. The standard InChI is InChI=1S/C36H50O3/c1-10-24-16-34(37)29(21(4)5)15-27(24)13-14-28(32-19-30(22(6)7)35(38)17-25(32)11-2)33-20-31(23(8)9)36(39)18-26(33)12-3/h15-23,28,37-39H,10-14H2,1-9H3. The van der Waals surface area contributed by atoms with E-state index in [-0.39, 0.29) is 23.7 Å². The number of aryl methyl sites for hydroxylation is 4. The van der Waals surface area contributed by atoms with Gasteiger partial charge in [0, 0.05) is 5.92 Å². The molecule has 3 rings (SSSR count). The van der Waals surface area contributed by atoms with Gasteiger partial charge in [0.15, 0.2) is 0 Å². The van der Waals surface area contributed by atoms with Crippen molar-refractivity contribution in [3.63, 3.8) is 0 Å². The number of aromatic hydroxyl groups is 3. The van der Waals surface area contributed by atoms with Crippen molar-refractivity contribution in [3.05, 3.63) is 86.5 Å². The first-order valence-electron chi connectivity index (χ1n) is 15.0. The summed E-state index contributed by atoms with van der Waals surface area (Å²) in [5, 5.41) is 32.4. The Morgan fingerprint density at radius 2 is 0.821 bits per heavy atom. The fourth-order valence-corrected chi connectivity index (χ4v) is 6.02. The van der Waals surface area contributed by atoms with Crippen molar-refractivity contribution < 1.29 is 15.3 Å². The second-order valence-electron chi connectivity index (χ2n) is 12.0. The summed E-state index contributed by atoms with van der Waals surface area (Å²) in [5.41, 5.74) is 10.4. The summed E-state index contributed by atoms with van der Waals surface area (Å²) in [6.07, 6.45) is 4.34. The second kappa shape index (κ2) is 12.9. The zero-order valence-electron chi connectivity index (χ0n) is 25.7. The Balaban J connectivity index is 2.26. The normalized spacial score (nSPS) is 11.9. The molecule has 0 amide bonds. The zero-order valence-corrected chi connectivity index (χ0v) is 25.7. The van der Waals surface area contributed by atoms with Gasteiger partial charge in [-0.3, -0.25) is 0 Å². The van der Waals surface area contributed by atoms with E-state index in [2.05, 4.69) is 80.5 Å². The molecule has 0 aliphatic carbocycles. The maximum atomic E-state index is 10.9. The molecule has 0 aromatic heterocycles. The first-order chi connectivity index (χ1) is 18.4. The average molecular weight is 531 g/mol. The first-order valence-corrected chi connectivity index (χ1v) is 15.0. The molecule has 3 aromatic rings. The van der Waals surface area contributed by atoms with Crippen molar-refractivity contribution in [2.75, 3.05) is 0 Å². The fourth-order valence-electron chi connectivity index (χ4n) is 6.02. The molecule has 0 unspecified atom stereocenters. The monoisotopic (exact) mass is 530 g/mol. The average Bonchev–Trinajstić information content (AvgIpc) is 2.89. The van der Waals surface area contributed by atoms with Gasteiger partial charge in [-0.25, -0.2) is 0 Å². The molecule has 0 saturated heterocycles. The molecule has 0 atom stereocenters. The van der Waals surface area contributed by atoms with Gasteiger partial charge in [0.2, 0.25) is 0 Å². The molecule has 0 bridgehead atoms. The summed E-state index contributed by atoms with van der Waals surface area (Å²) < 4.78 is 0. The molecule has 3 heteroatoms. The fraction of sp³-hybridized carbons (Fsp3) is 0.500. The van der Waals surface area contributed by atoms with E-state index in [0.29, 0.717) is 17.2 Å². The van der Waals surface area contributed by atoms with Gasteiger partial charge in [-0.15, -0.1) is 0 Å². The van der Waals surface area contributed by atoms with Crippen molar-refractivity contribution in [2.24, 2.45) is 0 Å². The molecular weight excluding hydrogens is 480 g/mol. The minimum Gasteiger partial charge on any atom is -0.508 e. The van der Waals surface area contributed by atoms with Crippen molar-refractivity contribution in [1.29, 1.82) is 0 Å². The highest BCUT2D eigenvalue weighted by Crippen LogP contribution is 2.42. The summed E-state index contributed by atoms with van der Waals surface area (Å²) in [4.78, 5) is 0. The Hall–Kier alpha value is -2.94. The minimum absolute atomic E-state index is 0.118. The van der Waals surface area contributed by atoms with Gasteiger partial charge in [-0.1, -0.05) is 80.5 Å². The van der Waals surface area contributed by atoms with Gasteiger partial charge in [0.1, 0.15) is 17.2 Å². The van der Waals surface area contributed by atoms with Gasteiger partial charge in [-0.2, -0.15) is 0 Å². The van der Waals surface area contributed by atoms with Crippen molar-refractivity contribution >= 4 is 0 Å². The number of hydrogen-bond donors (Lipinski definition) is 3. The van der Waals surface area contributed by atoms with E-state index in [9.17, 15) is 15.3 Å². The van der Waals surface area contributed by atoms with Crippen molar-refractivity contribution in [3.8, 4) is 17.2 Å². The van der Waals surface area contributed by atoms with Crippen LogP contribution in [0.5, 0.6) is 17.2 Å². The van der Waals surface area contributed by atoms with E-state index in [4.69, 9.17) is 0 Å². The Morgan fingerprint density at radius 1 is 0.462 bits per heavy atom. The molecule has 3 aromatic carbocycles. The summed E-state index contributed by atoms with van der Waals surface area (Å²) in [5.74, 6) is 1.94. The van der Waals surface area contributed by atoms with E-state index in [1.54, 1.807) is 0 Å². The van der Waals surface area contributed by atoms with Gasteiger partial charge in [0.25, 0.3) is 0 Å². The lowest BCUT2D eigenvalue weighted by atomic mass is 9.77. The van der Waals surface area contributed by atoms with Crippen LogP contribution < -0.4 is 0 Å². The van der Waals surface area contributed by atoms with E-state index < -0.39 is 0 Å². The highest BCUT2D eigenvalue weighted by Gasteiger charge is 2.25. The molecule has 0 aliphatic rings. The molecule has 3 N–H and O–H groups in total. The molecule has 0 spiro atoms. The predicted molar refractivity (Wildman–Crippen MR) is 165 cm³/mol. The SMILES string of the molecule is CCc1cc(O)c(C(C)C)cc1CCC(c1cc(C(C)C)c(O)cc1CC)c1cc(C(C)C)c(O)cc1CC. The maximum Gasteiger partial charge on any atom is 0.119 e. The van der Waals surface area contributed by atoms with Gasteiger partial charge in [-0.05, 0) is 118 Å². The Kier molecular flexibility index (Phi) is 10.2. The number of rotatable bonds is 11. The van der Waals surface area contributed by atoms with Gasteiger partial charge < -0.3 is 15.3 Å². The minimum atomic E-state index is 0.118. The number of phenolic OH excluding ortho intramolecular Hbond substituents is 3. The van der Waals surface area contributed by atoms with Crippen LogP contribution in [0.3, 0.4) is 0 Å². The number of phenols is 3. The van der Waals surface area contributed by atoms with E-state index in [1.165, 1.54) is 33.4 Å². The molecule has 3 nitrogen and oxygen atoms in total. The third kappa shape index (κ3) is 6.62. The van der Waals surface area contributed by atoms with Crippen LogP contribution in [0.2, 0.25) is 0 Å². The predicted octanol–water partition coefficient (Wildman–Crippen LogP) is 9.63. The summed E-state index contributed by atoms with van der Waals surface area (Å²) >= 11 is 0. The molecule has 0 aliphatic heterocycles. The highest BCUT2D eigenvalue weighted by atomic mass is 16.3. The Bertz CT molecular complexity index is 1220. The molecule has 0 heterocycles.